The van der Waals surface area contributed by atoms with E-state index < -0.39 is 0 Å². The van der Waals surface area contributed by atoms with Crippen molar-refractivity contribution in [3.05, 3.63) is 95.5 Å². The summed E-state index contributed by atoms with van der Waals surface area (Å²) in [7, 11) is 0. The molecular weight excluding hydrogens is 382 g/mol. The first kappa shape index (κ1) is 19.1. The van der Waals surface area contributed by atoms with E-state index in [9.17, 15) is 0 Å². The largest absolute Gasteiger partial charge is 0.294 e. The van der Waals surface area contributed by atoms with Crippen LogP contribution < -0.4 is 0 Å². The number of benzene rings is 1. The minimum atomic E-state index is 0.164. The molecule has 1 atom stereocenters. The van der Waals surface area contributed by atoms with Crippen LogP contribution in [0.4, 0.5) is 0 Å². The average Bonchev–Trinajstić information content (AvgIpc) is 3.00. The lowest BCUT2D eigenvalue weighted by atomic mass is 10.1. The molecule has 28 heavy (non-hydrogen) atoms. The molecule has 0 saturated carbocycles. The van der Waals surface area contributed by atoms with E-state index >= 15 is 0 Å². The van der Waals surface area contributed by atoms with Gasteiger partial charge in [-0.05, 0) is 43.2 Å². The van der Waals surface area contributed by atoms with Crippen molar-refractivity contribution in [1.29, 1.82) is 0 Å². The zero-order chi connectivity index (χ0) is 19.3. The molecule has 0 aliphatic carbocycles. The fourth-order valence-electron chi connectivity index (χ4n) is 3.11. The number of rotatable bonds is 5. The first-order valence-electron chi connectivity index (χ1n) is 9.43. The molecule has 0 radical (unpaired) electrons. The van der Waals surface area contributed by atoms with Crippen molar-refractivity contribution in [1.82, 2.24) is 9.29 Å². The number of pyridine rings is 1. The molecular formula is C23H23N3S2. The lowest BCUT2D eigenvalue weighted by Gasteiger charge is -2.16. The first-order valence-corrected chi connectivity index (χ1v) is 11.2. The summed E-state index contributed by atoms with van der Waals surface area (Å²) < 4.78 is 2.20. The van der Waals surface area contributed by atoms with Gasteiger partial charge in [-0.25, -0.2) is 9.98 Å². The van der Waals surface area contributed by atoms with Crippen LogP contribution in [0.2, 0.25) is 0 Å². The van der Waals surface area contributed by atoms with Gasteiger partial charge >= 0.3 is 0 Å². The Balaban J connectivity index is 1.51. The van der Waals surface area contributed by atoms with E-state index in [1.807, 2.05) is 11.8 Å². The number of hydrogen-bond acceptors (Lipinski definition) is 5. The Morgan fingerprint density at radius 2 is 2.11 bits per heavy atom. The van der Waals surface area contributed by atoms with Gasteiger partial charge in [-0.3, -0.25) is 4.31 Å². The van der Waals surface area contributed by atoms with Crippen LogP contribution >= 0.6 is 23.7 Å². The maximum Gasteiger partial charge on any atom is 0.139 e. The quantitative estimate of drug-likeness (QED) is 0.554. The fraction of sp³-hybridized carbons (Fsp3) is 0.217. The van der Waals surface area contributed by atoms with Crippen molar-refractivity contribution in [3.8, 4) is 0 Å². The normalized spacial score (nSPS) is 18.8. The zero-order valence-electron chi connectivity index (χ0n) is 16.1. The third kappa shape index (κ3) is 4.26. The summed E-state index contributed by atoms with van der Waals surface area (Å²) in [6.07, 6.45) is 11.6. The van der Waals surface area contributed by atoms with Gasteiger partial charge < -0.3 is 0 Å². The van der Waals surface area contributed by atoms with Crippen LogP contribution in [-0.4, -0.2) is 20.5 Å². The van der Waals surface area contributed by atoms with E-state index in [-0.39, 0.29) is 6.17 Å². The van der Waals surface area contributed by atoms with E-state index in [1.54, 1.807) is 11.9 Å². The minimum Gasteiger partial charge on any atom is -0.294 e. The lowest BCUT2D eigenvalue weighted by molar-refractivity contribution is 0.476. The van der Waals surface area contributed by atoms with Crippen LogP contribution in [0.5, 0.6) is 0 Å². The molecule has 2 aliphatic rings. The van der Waals surface area contributed by atoms with Crippen LogP contribution in [0.15, 0.2) is 78.0 Å². The number of thioether (sulfide) groups is 1. The molecule has 2 aromatic rings. The Bertz CT molecular complexity index is 975. The van der Waals surface area contributed by atoms with E-state index in [4.69, 9.17) is 9.98 Å². The van der Waals surface area contributed by atoms with Crippen LogP contribution in [0.3, 0.4) is 0 Å². The first-order chi connectivity index (χ1) is 13.7. The molecule has 1 unspecified atom stereocenters. The summed E-state index contributed by atoms with van der Waals surface area (Å²) in [4.78, 5) is 11.0. The summed E-state index contributed by atoms with van der Waals surface area (Å²) in [5.74, 6) is 0.945. The third-order valence-electron chi connectivity index (χ3n) is 4.71. The molecule has 0 amide bonds. The summed E-state index contributed by atoms with van der Waals surface area (Å²) in [5.41, 5.74) is 4.66. The number of aliphatic imine (C=N–C) groups is 1. The van der Waals surface area contributed by atoms with Gasteiger partial charge in [0.25, 0.3) is 0 Å². The van der Waals surface area contributed by atoms with Crippen molar-refractivity contribution in [2.24, 2.45) is 4.99 Å². The highest BCUT2D eigenvalue weighted by Gasteiger charge is 2.26. The van der Waals surface area contributed by atoms with Gasteiger partial charge in [0.1, 0.15) is 11.2 Å². The number of fused-ring (bicyclic) bond motifs is 1. The number of aryl methyl sites for hydroxylation is 1. The topological polar surface area (TPSA) is 28.5 Å². The monoisotopic (exact) mass is 405 g/mol. The lowest BCUT2D eigenvalue weighted by Crippen LogP contribution is -2.16. The Labute approximate surface area is 175 Å². The van der Waals surface area contributed by atoms with Crippen LogP contribution in [-0.2, 0) is 5.75 Å². The van der Waals surface area contributed by atoms with Gasteiger partial charge in [-0.1, -0.05) is 48.6 Å². The van der Waals surface area contributed by atoms with Crippen LogP contribution in [0, 0.1) is 6.92 Å². The van der Waals surface area contributed by atoms with Crippen LogP contribution in [0.25, 0.3) is 4.91 Å². The summed E-state index contributed by atoms with van der Waals surface area (Å²) in [6, 6.07) is 14.8. The molecule has 0 saturated heterocycles. The highest BCUT2D eigenvalue weighted by atomic mass is 32.2. The van der Waals surface area contributed by atoms with Gasteiger partial charge in [-0.15, -0.1) is 11.8 Å². The molecule has 0 bridgehead atoms. The molecule has 1 aromatic heterocycles. The predicted molar refractivity (Wildman–Crippen MR) is 123 cm³/mol. The number of hydrogen-bond donors (Lipinski definition) is 0. The Morgan fingerprint density at radius 3 is 2.96 bits per heavy atom. The molecule has 0 fully saturated rings. The van der Waals surface area contributed by atoms with Crippen molar-refractivity contribution in [3.63, 3.8) is 0 Å². The molecule has 3 heterocycles. The van der Waals surface area contributed by atoms with Gasteiger partial charge in [0, 0.05) is 35.2 Å². The average molecular weight is 406 g/mol. The van der Waals surface area contributed by atoms with Gasteiger partial charge in [-0.2, -0.15) is 0 Å². The summed E-state index contributed by atoms with van der Waals surface area (Å²) >= 11 is 3.51. The molecule has 2 aliphatic heterocycles. The van der Waals surface area contributed by atoms with Crippen LogP contribution in [0.1, 0.15) is 35.9 Å². The smallest absolute Gasteiger partial charge is 0.139 e. The van der Waals surface area contributed by atoms with Crippen molar-refractivity contribution < 1.29 is 0 Å². The Morgan fingerprint density at radius 1 is 1.21 bits per heavy atom. The molecule has 0 spiro atoms. The molecule has 4 rings (SSSR count). The second-order valence-corrected chi connectivity index (χ2v) is 8.66. The fourth-order valence-corrected chi connectivity index (χ4v) is 5.14. The van der Waals surface area contributed by atoms with E-state index in [0.717, 1.165) is 28.6 Å². The molecule has 3 nitrogen and oxygen atoms in total. The molecule has 5 heteroatoms. The standard InChI is InChI=1S/C23H23N3S2/c1-3-21(27-16-18-11-7-6-10-17(18)2)19-12-9-13-20(24-19)23-25-22-14-5-4-8-15-26(22)28-23/h3-13,15,22H,14,16H2,1-2H3. The van der Waals surface area contributed by atoms with Gasteiger partial charge in [0.15, 0.2) is 0 Å². The van der Waals surface area contributed by atoms with Crippen molar-refractivity contribution >= 4 is 33.7 Å². The van der Waals surface area contributed by atoms with E-state index in [1.165, 1.54) is 16.0 Å². The van der Waals surface area contributed by atoms with Crippen molar-refractivity contribution in [2.45, 2.75) is 32.2 Å². The van der Waals surface area contributed by atoms with E-state index in [2.05, 4.69) is 91.1 Å². The zero-order valence-corrected chi connectivity index (χ0v) is 17.7. The number of allylic oxidation sites excluding steroid dienone is 3. The summed E-state index contributed by atoms with van der Waals surface area (Å²) in [6.45, 7) is 4.25. The maximum absolute atomic E-state index is 4.93. The Kier molecular flexibility index (Phi) is 6.03. The second kappa shape index (κ2) is 8.84. The maximum atomic E-state index is 4.93. The van der Waals surface area contributed by atoms with Gasteiger partial charge in [0.2, 0.25) is 0 Å². The summed E-state index contributed by atoms with van der Waals surface area (Å²) in [5, 5.41) is 0.992. The highest BCUT2D eigenvalue weighted by Crippen LogP contribution is 2.34. The molecule has 1 aromatic carbocycles. The number of aromatic nitrogens is 1. The third-order valence-corrected chi connectivity index (χ3v) is 6.98. The Hall–Kier alpha value is -2.24. The number of nitrogens with zero attached hydrogens (tertiary/aromatic N) is 3. The van der Waals surface area contributed by atoms with Gasteiger partial charge in [0.05, 0.1) is 11.4 Å². The molecule has 142 valence electrons. The predicted octanol–water partition coefficient (Wildman–Crippen LogP) is 6.19. The molecule has 0 N–H and O–H groups in total. The highest BCUT2D eigenvalue weighted by molar-refractivity contribution is 8.12. The minimum absolute atomic E-state index is 0.164. The van der Waals surface area contributed by atoms with E-state index in [0.29, 0.717) is 0 Å². The van der Waals surface area contributed by atoms with Crippen molar-refractivity contribution in [2.75, 3.05) is 0 Å². The SMILES string of the molecule is CC=C(SCc1ccccc1C)c1cccc(C2=NC3CC=CC=CN3S2)n1. The second-order valence-electron chi connectivity index (χ2n) is 6.65.